The molecule has 0 saturated carbocycles. The molecule has 160 valence electrons. The number of aromatic nitrogens is 3. The Morgan fingerprint density at radius 1 is 1.28 bits per heavy atom. The summed E-state index contributed by atoms with van der Waals surface area (Å²) in [6, 6.07) is 4.84. The van der Waals surface area contributed by atoms with Crippen LogP contribution in [0, 0.1) is 5.82 Å². The van der Waals surface area contributed by atoms with Gasteiger partial charge < -0.3 is 15.2 Å². The number of benzene rings is 1. The van der Waals surface area contributed by atoms with Crippen molar-refractivity contribution in [2.75, 3.05) is 23.4 Å². The second kappa shape index (κ2) is 11.2. The molecule has 10 heteroatoms. The lowest BCUT2D eigenvalue weighted by atomic mass is 10.1. The Hall–Kier alpha value is -1.35. The van der Waals surface area contributed by atoms with E-state index in [0.29, 0.717) is 23.5 Å². The molecule has 3 heterocycles. The lowest BCUT2D eigenvalue weighted by Gasteiger charge is -2.22. The molecule has 1 unspecified atom stereocenters. The van der Waals surface area contributed by atoms with Gasteiger partial charge in [-0.3, -0.25) is 4.79 Å². The predicted molar refractivity (Wildman–Crippen MR) is 120 cm³/mol. The normalized spacial score (nSPS) is 18.6. The van der Waals surface area contributed by atoms with Crippen LogP contribution in [0.5, 0.6) is 0 Å². The Kier molecular flexibility index (Phi) is 9.20. The highest BCUT2D eigenvalue weighted by Gasteiger charge is 2.20. The van der Waals surface area contributed by atoms with Gasteiger partial charge in [-0.2, -0.15) is 11.8 Å². The zero-order chi connectivity index (χ0) is 18.6. The third-order valence-corrected chi connectivity index (χ3v) is 6.16. The van der Waals surface area contributed by atoms with Gasteiger partial charge in [-0.1, -0.05) is 6.42 Å². The van der Waals surface area contributed by atoms with Crippen LogP contribution in [0.25, 0.3) is 11.4 Å². The van der Waals surface area contributed by atoms with Gasteiger partial charge in [0, 0.05) is 49.2 Å². The van der Waals surface area contributed by atoms with Gasteiger partial charge in [0.2, 0.25) is 5.91 Å². The maximum Gasteiger partial charge on any atom is 0.225 e. The van der Waals surface area contributed by atoms with E-state index in [2.05, 4.69) is 20.8 Å². The van der Waals surface area contributed by atoms with Gasteiger partial charge in [0.1, 0.15) is 11.6 Å². The summed E-state index contributed by atoms with van der Waals surface area (Å²) >= 11 is 1.86. The van der Waals surface area contributed by atoms with Crippen LogP contribution in [0.3, 0.4) is 0 Å². The molecule has 1 amide bonds. The first-order valence-electron chi connectivity index (χ1n) is 9.53. The Balaban J connectivity index is 0.00000150. The SMILES string of the molecule is Cl.Cl.O=C(CC1CSCCN1)Nc1ccc(F)c(-c2nnc3n2CCCCC3)c1. The summed E-state index contributed by atoms with van der Waals surface area (Å²) in [5.74, 6) is 3.07. The predicted octanol–water partition coefficient (Wildman–Crippen LogP) is 3.69. The fourth-order valence-corrected chi connectivity index (χ4v) is 4.59. The number of halogens is 3. The molecular formula is C19H26Cl2FN5OS. The van der Waals surface area contributed by atoms with Crippen molar-refractivity contribution in [1.29, 1.82) is 0 Å². The van der Waals surface area contributed by atoms with Crippen LogP contribution in [-0.2, 0) is 17.8 Å². The Morgan fingerprint density at radius 2 is 2.14 bits per heavy atom. The Morgan fingerprint density at radius 3 is 2.93 bits per heavy atom. The number of fused-ring (bicyclic) bond motifs is 1. The molecule has 6 nitrogen and oxygen atoms in total. The lowest BCUT2D eigenvalue weighted by Crippen LogP contribution is -2.39. The quantitative estimate of drug-likeness (QED) is 0.726. The highest BCUT2D eigenvalue weighted by Crippen LogP contribution is 2.27. The van der Waals surface area contributed by atoms with Gasteiger partial charge >= 0.3 is 0 Å². The zero-order valence-electron chi connectivity index (χ0n) is 16.0. The van der Waals surface area contributed by atoms with Crippen molar-refractivity contribution >= 4 is 48.2 Å². The number of rotatable bonds is 4. The molecule has 0 spiro atoms. The van der Waals surface area contributed by atoms with Gasteiger partial charge in [-0.15, -0.1) is 35.0 Å². The number of aryl methyl sites for hydroxylation is 1. The van der Waals surface area contributed by atoms with E-state index in [0.717, 1.165) is 56.1 Å². The summed E-state index contributed by atoms with van der Waals surface area (Å²) < 4.78 is 16.5. The average Bonchev–Trinajstić information content (AvgIpc) is 2.92. The largest absolute Gasteiger partial charge is 0.326 e. The third-order valence-electron chi connectivity index (χ3n) is 5.03. The molecule has 2 aliphatic heterocycles. The first-order chi connectivity index (χ1) is 13.2. The van der Waals surface area contributed by atoms with E-state index in [1.165, 1.54) is 6.07 Å². The molecule has 1 fully saturated rings. The van der Waals surface area contributed by atoms with E-state index in [1.807, 2.05) is 16.3 Å². The summed E-state index contributed by atoms with van der Waals surface area (Å²) in [7, 11) is 0. The number of thioether (sulfide) groups is 1. The first kappa shape index (κ1) is 23.9. The second-order valence-electron chi connectivity index (χ2n) is 7.08. The standard InChI is InChI=1S/C19H24FN5OS.2ClH/c20-16-6-5-13(22-18(26)11-14-12-27-9-7-21-14)10-15(16)19-24-23-17-4-2-1-3-8-25(17)19;;/h5-6,10,14,21H,1-4,7-9,11-12H2,(H,22,26);2*1H. The fourth-order valence-electron chi connectivity index (χ4n) is 3.65. The summed E-state index contributed by atoms with van der Waals surface area (Å²) in [5.41, 5.74) is 0.977. The molecule has 2 aromatic rings. The van der Waals surface area contributed by atoms with E-state index < -0.39 is 0 Å². The molecule has 1 aromatic carbocycles. The van der Waals surface area contributed by atoms with Crippen LogP contribution in [0.4, 0.5) is 10.1 Å². The van der Waals surface area contributed by atoms with Crippen LogP contribution < -0.4 is 10.6 Å². The van der Waals surface area contributed by atoms with Crippen LogP contribution in [0.15, 0.2) is 18.2 Å². The first-order valence-corrected chi connectivity index (χ1v) is 10.7. The van der Waals surface area contributed by atoms with E-state index in [4.69, 9.17) is 0 Å². The number of carbonyl (C=O) groups is 1. The van der Waals surface area contributed by atoms with Gasteiger partial charge in [0.15, 0.2) is 5.82 Å². The number of nitrogens with one attached hydrogen (secondary N) is 2. The minimum absolute atomic E-state index is 0. The number of anilines is 1. The summed E-state index contributed by atoms with van der Waals surface area (Å²) in [4.78, 5) is 12.4. The van der Waals surface area contributed by atoms with Crippen molar-refractivity contribution < 1.29 is 9.18 Å². The van der Waals surface area contributed by atoms with Crippen molar-refractivity contribution in [3.05, 3.63) is 29.8 Å². The van der Waals surface area contributed by atoms with E-state index in [-0.39, 0.29) is 42.6 Å². The number of amides is 1. The molecular weight excluding hydrogens is 436 g/mol. The van der Waals surface area contributed by atoms with Crippen LogP contribution >= 0.6 is 36.6 Å². The highest BCUT2D eigenvalue weighted by molar-refractivity contribution is 7.99. The van der Waals surface area contributed by atoms with Gasteiger partial charge in [0.05, 0.1) is 5.56 Å². The van der Waals surface area contributed by atoms with E-state index >= 15 is 0 Å². The molecule has 1 atom stereocenters. The summed E-state index contributed by atoms with van der Waals surface area (Å²) in [5, 5.41) is 14.7. The Labute approximate surface area is 186 Å². The minimum Gasteiger partial charge on any atom is -0.326 e. The molecule has 1 aromatic heterocycles. The smallest absolute Gasteiger partial charge is 0.225 e. The van der Waals surface area contributed by atoms with Crippen LogP contribution in [-0.4, -0.2) is 44.8 Å². The van der Waals surface area contributed by atoms with Crippen LogP contribution in [0.1, 0.15) is 31.5 Å². The van der Waals surface area contributed by atoms with Gasteiger partial charge in [-0.25, -0.2) is 4.39 Å². The molecule has 29 heavy (non-hydrogen) atoms. The lowest BCUT2D eigenvalue weighted by molar-refractivity contribution is -0.116. The molecule has 0 bridgehead atoms. The van der Waals surface area contributed by atoms with Crippen molar-refractivity contribution in [3.8, 4) is 11.4 Å². The number of carbonyl (C=O) groups excluding carboxylic acids is 1. The van der Waals surface area contributed by atoms with Crippen molar-refractivity contribution in [2.24, 2.45) is 0 Å². The van der Waals surface area contributed by atoms with Crippen molar-refractivity contribution in [3.63, 3.8) is 0 Å². The molecule has 4 rings (SSSR count). The number of nitrogens with zero attached hydrogens (tertiary/aromatic N) is 3. The number of hydrogen-bond acceptors (Lipinski definition) is 5. The third kappa shape index (κ3) is 5.84. The summed E-state index contributed by atoms with van der Waals surface area (Å²) in [6.07, 6.45) is 4.57. The summed E-state index contributed by atoms with van der Waals surface area (Å²) in [6.45, 7) is 1.74. The minimum atomic E-state index is -0.349. The maximum atomic E-state index is 14.5. The average molecular weight is 462 g/mol. The number of hydrogen-bond donors (Lipinski definition) is 2. The fraction of sp³-hybridized carbons (Fsp3) is 0.526. The zero-order valence-corrected chi connectivity index (χ0v) is 18.5. The molecule has 2 N–H and O–H groups in total. The van der Waals surface area contributed by atoms with Crippen LogP contribution in [0.2, 0.25) is 0 Å². The van der Waals surface area contributed by atoms with Crippen molar-refractivity contribution in [1.82, 2.24) is 20.1 Å². The van der Waals surface area contributed by atoms with Crippen molar-refractivity contribution in [2.45, 2.75) is 44.7 Å². The van der Waals surface area contributed by atoms with E-state index in [1.54, 1.807) is 12.1 Å². The van der Waals surface area contributed by atoms with Gasteiger partial charge in [-0.05, 0) is 31.0 Å². The molecule has 0 aliphatic carbocycles. The molecule has 2 aliphatic rings. The maximum absolute atomic E-state index is 14.5. The topological polar surface area (TPSA) is 71.8 Å². The highest BCUT2D eigenvalue weighted by atomic mass is 35.5. The second-order valence-corrected chi connectivity index (χ2v) is 8.22. The Bertz CT molecular complexity index is 829. The van der Waals surface area contributed by atoms with Gasteiger partial charge in [0.25, 0.3) is 0 Å². The van der Waals surface area contributed by atoms with E-state index in [9.17, 15) is 9.18 Å². The molecule has 1 saturated heterocycles. The molecule has 0 radical (unpaired) electrons. The monoisotopic (exact) mass is 461 g/mol.